The lowest BCUT2D eigenvalue weighted by Crippen LogP contribution is -2.23. The van der Waals surface area contributed by atoms with Crippen LogP contribution in [0.5, 0.6) is 23.0 Å². The van der Waals surface area contributed by atoms with Crippen LogP contribution >= 0.6 is 0 Å². The quantitative estimate of drug-likeness (QED) is 0.628. The molecule has 0 spiro atoms. The zero-order valence-electron chi connectivity index (χ0n) is 14.3. The van der Waals surface area contributed by atoms with E-state index in [0.29, 0.717) is 11.1 Å². The first-order chi connectivity index (χ1) is 12.3. The molecule has 0 fully saturated rings. The van der Waals surface area contributed by atoms with Crippen LogP contribution in [-0.2, 0) is 6.42 Å². The van der Waals surface area contributed by atoms with Gasteiger partial charge in [0.25, 0.3) is 0 Å². The van der Waals surface area contributed by atoms with Gasteiger partial charge in [0.2, 0.25) is 0 Å². The average molecular weight is 356 g/mol. The number of aliphatic hydroxyl groups excluding tert-OH is 1. The normalized spacial score (nSPS) is 17.3. The maximum Gasteiger partial charge on any atom is 0.174 e. The highest BCUT2D eigenvalue weighted by molar-refractivity contribution is 6.03. The number of aromatic hydroxyl groups is 3. The Morgan fingerprint density at radius 3 is 2.50 bits per heavy atom. The van der Waals surface area contributed by atoms with E-state index in [1.54, 1.807) is 19.1 Å². The van der Waals surface area contributed by atoms with Gasteiger partial charge in [-0.1, -0.05) is 24.3 Å². The Labute approximate surface area is 150 Å². The number of rotatable bonds is 4. The predicted octanol–water partition coefficient (Wildman–Crippen LogP) is 2.99. The molecule has 1 heterocycles. The van der Waals surface area contributed by atoms with Crippen molar-refractivity contribution in [3.8, 4) is 23.0 Å². The number of phenols is 3. The fraction of sp³-hybridized carbons (Fsp3) is 0.250. The summed E-state index contributed by atoms with van der Waals surface area (Å²) in [5.74, 6) is -0.789. The molecule has 0 aromatic heterocycles. The molecule has 6 nitrogen and oxygen atoms in total. The Morgan fingerprint density at radius 1 is 1.23 bits per heavy atom. The second-order valence-electron chi connectivity index (χ2n) is 6.49. The molecule has 0 saturated carbocycles. The smallest absolute Gasteiger partial charge is 0.174 e. The first-order valence-electron chi connectivity index (χ1n) is 8.18. The zero-order chi connectivity index (χ0) is 19.0. The minimum atomic E-state index is -0.928. The molecule has 0 bridgehead atoms. The number of fused-ring (bicyclic) bond motifs is 1. The van der Waals surface area contributed by atoms with Gasteiger partial charge in [-0.25, -0.2) is 0 Å². The van der Waals surface area contributed by atoms with E-state index in [-0.39, 0.29) is 52.7 Å². The van der Waals surface area contributed by atoms with Crippen LogP contribution in [0.15, 0.2) is 42.5 Å². The van der Waals surface area contributed by atoms with Crippen LogP contribution in [0.1, 0.15) is 40.9 Å². The van der Waals surface area contributed by atoms with Gasteiger partial charge in [0.15, 0.2) is 5.78 Å². The first-order valence-corrected chi connectivity index (χ1v) is 8.18. The second-order valence-corrected chi connectivity index (χ2v) is 6.49. The lowest BCUT2D eigenvalue weighted by molar-refractivity contribution is 0.0839. The van der Waals surface area contributed by atoms with Gasteiger partial charge in [-0.05, 0) is 24.6 Å². The van der Waals surface area contributed by atoms with E-state index in [2.05, 4.69) is 6.58 Å². The molecule has 0 amide bonds. The summed E-state index contributed by atoms with van der Waals surface area (Å²) in [6.45, 7) is 5.34. The van der Waals surface area contributed by atoms with E-state index in [9.17, 15) is 25.2 Å². The van der Waals surface area contributed by atoms with Gasteiger partial charge >= 0.3 is 0 Å². The molecule has 136 valence electrons. The van der Waals surface area contributed by atoms with Gasteiger partial charge in [0.05, 0.1) is 12.5 Å². The molecule has 3 rings (SSSR count). The lowest BCUT2D eigenvalue weighted by Gasteiger charge is -2.29. The van der Waals surface area contributed by atoms with Crippen molar-refractivity contribution < 1.29 is 30.0 Å². The molecule has 26 heavy (non-hydrogen) atoms. The van der Waals surface area contributed by atoms with E-state index in [0.717, 1.165) is 6.07 Å². The number of hydrogen-bond acceptors (Lipinski definition) is 6. The maximum atomic E-state index is 12.6. The number of hydrogen-bond donors (Lipinski definition) is 4. The molecule has 0 aliphatic carbocycles. The van der Waals surface area contributed by atoms with Gasteiger partial charge in [-0.15, -0.1) is 0 Å². The third-order valence-electron chi connectivity index (χ3n) is 4.48. The van der Waals surface area contributed by atoms with Crippen LogP contribution in [0.4, 0.5) is 0 Å². The topological polar surface area (TPSA) is 107 Å². The minimum absolute atomic E-state index is 0.000637. The monoisotopic (exact) mass is 356 g/mol. The number of benzene rings is 2. The van der Waals surface area contributed by atoms with E-state index < -0.39 is 12.2 Å². The highest BCUT2D eigenvalue weighted by atomic mass is 16.5. The number of aliphatic hydroxyl groups is 1. The molecule has 1 aliphatic rings. The van der Waals surface area contributed by atoms with Crippen molar-refractivity contribution in [3.63, 3.8) is 0 Å². The molecule has 2 aromatic rings. The fourth-order valence-corrected chi connectivity index (χ4v) is 2.97. The molecule has 0 saturated heterocycles. The Morgan fingerprint density at radius 2 is 1.88 bits per heavy atom. The number of carbonyl (C=O) groups is 1. The summed E-state index contributed by atoms with van der Waals surface area (Å²) in [4.78, 5) is 12.6. The van der Waals surface area contributed by atoms with Gasteiger partial charge in [0.1, 0.15) is 34.7 Å². The summed E-state index contributed by atoms with van der Waals surface area (Å²) in [7, 11) is 0. The maximum absolute atomic E-state index is 12.6. The standard InChI is InChI=1S/C20H20O6/c1-10(2)14(22)7-13-15(23)8-16(24)19-17(25)9-18(26-20(13)19)11-3-5-12(21)6-4-11/h3-6,8,14,18,21-24H,1,7,9H2,2H3/t14?,18-/m0/s1. The zero-order valence-corrected chi connectivity index (χ0v) is 14.3. The van der Waals surface area contributed by atoms with Crippen LogP contribution in [0, 0.1) is 0 Å². The van der Waals surface area contributed by atoms with E-state index >= 15 is 0 Å². The molecule has 1 unspecified atom stereocenters. The van der Waals surface area contributed by atoms with Crippen molar-refractivity contribution >= 4 is 5.78 Å². The Hall–Kier alpha value is -2.99. The minimum Gasteiger partial charge on any atom is -0.508 e. The summed E-state index contributed by atoms with van der Waals surface area (Å²) < 4.78 is 5.94. The Balaban J connectivity index is 2.06. The van der Waals surface area contributed by atoms with E-state index in [1.165, 1.54) is 12.1 Å². The SMILES string of the molecule is C=C(C)C(O)Cc1c(O)cc(O)c2c1O[C@H](c1ccc(O)cc1)CC2=O. The van der Waals surface area contributed by atoms with Crippen LogP contribution in [0.25, 0.3) is 0 Å². The lowest BCUT2D eigenvalue weighted by atomic mass is 9.91. The first kappa shape index (κ1) is 17.8. The predicted molar refractivity (Wildman–Crippen MR) is 94.7 cm³/mol. The highest BCUT2D eigenvalue weighted by Crippen LogP contribution is 2.45. The molecule has 2 aromatic carbocycles. The third kappa shape index (κ3) is 3.23. The Bertz CT molecular complexity index is 869. The molecule has 0 radical (unpaired) electrons. The fourth-order valence-electron chi connectivity index (χ4n) is 2.97. The van der Waals surface area contributed by atoms with Crippen molar-refractivity contribution in [2.24, 2.45) is 0 Å². The van der Waals surface area contributed by atoms with E-state index in [1.807, 2.05) is 0 Å². The van der Waals surface area contributed by atoms with Gasteiger partial charge < -0.3 is 25.2 Å². The van der Waals surface area contributed by atoms with Gasteiger partial charge in [-0.2, -0.15) is 0 Å². The molecular formula is C20H20O6. The summed E-state index contributed by atoms with van der Waals surface area (Å²) in [5.41, 5.74) is 1.42. The Kier molecular flexibility index (Phi) is 4.61. The van der Waals surface area contributed by atoms with Crippen molar-refractivity contribution in [1.82, 2.24) is 0 Å². The summed E-state index contributed by atoms with van der Waals surface area (Å²) in [5, 5.41) is 39.9. The number of phenolic OH excluding ortho intramolecular Hbond substituents is 3. The van der Waals surface area contributed by atoms with Crippen LogP contribution in [0.3, 0.4) is 0 Å². The molecule has 6 heteroatoms. The summed E-state index contributed by atoms with van der Waals surface area (Å²) in [6, 6.07) is 7.35. The van der Waals surface area contributed by atoms with E-state index in [4.69, 9.17) is 4.74 Å². The van der Waals surface area contributed by atoms with Crippen molar-refractivity contribution in [2.75, 3.05) is 0 Å². The second kappa shape index (κ2) is 6.72. The van der Waals surface area contributed by atoms with Crippen LogP contribution in [0.2, 0.25) is 0 Å². The number of ether oxygens (including phenoxy) is 1. The number of Topliss-reactive ketones (excluding diaryl/α,β-unsaturated/α-hetero) is 1. The number of ketones is 1. The molecule has 1 aliphatic heterocycles. The van der Waals surface area contributed by atoms with Gasteiger partial charge in [-0.3, -0.25) is 4.79 Å². The summed E-state index contributed by atoms with van der Waals surface area (Å²) >= 11 is 0. The van der Waals surface area contributed by atoms with Crippen LogP contribution < -0.4 is 4.74 Å². The molecule has 2 atom stereocenters. The highest BCUT2D eigenvalue weighted by Gasteiger charge is 2.34. The van der Waals surface area contributed by atoms with Crippen molar-refractivity contribution in [1.29, 1.82) is 0 Å². The largest absolute Gasteiger partial charge is 0.508 e. The molecular weight excluding hydrogens is 336 g/mol. The van der Waals surface area contributed by atoms with Crippen molar-refractivity contribution in [2.45, 2.75) is 32.0 Å². The van der Waals surface area contributed by atoms with Gasteiger partial charge in [0, 0.05) is 18.1 Å². The van der Waals surface area contributed by atoms with Crippen molar-refractivity contribution in [3.05, 3.63) is 59.2 Å². The van der Waals surface area contributed by atoms with Crippen LogP contribution in [-0.4, -0.2) is 32.3 Å². The number of carbonyl (C=O) groups excluding carboxylic acids is 1. The third-order valence-corrected chi connectivity index (χ3v) is 4.48. The summed E-state index contributed by atoms with van der Waals surface area (Å²) in [6.07, 6.45) is -1.54. The average Bonchev–Trinajstić information content (AvgIpc) is 2.58. The molecule has 4 N–H and O–H groups in total.